The summed E-state index contributed by atoms with van der Waals surface area (Å²) in [4.78, 5) is 35.0. The third-order valence-corrected chi connectivity index (χ3v) is 5.27. The van der Waals surface area contributed by atoms with Gasteiger partial charge in [-0.25, -0.2) is 4.98 Å². The summed E-state index contributed by atoms with van der Waals surface area (Å²) in [6.07, 6.45) is 5.21. The van der Waals surface area contributed by atoms with Gasteiger partial charge < -0.3 is 10.2 Å². The van der Waals surface area contributed by atoms with Crippen LogP contribution in [0.25, 0.3) is 0 Å². The lowest BCUT2D eigenvalue weighted by atomic mass is 9.86. The molecular formula is C18H17BrN4O2. The number of hydrogen-bond acceptors (Lipinski definition) is 4. The molecule has 2 amide bonds. The van der Waals surface area contributed by atoms with Crippen molar-refractivity contribution in [1.29, 1.82) is 0 Å². The molecule has 1 aliphatic heterocycles. The summed E-state index contributed by atoms with van der Waals surface area (Å²) >= 11 is 3.49. The van der Waals surface area contributed by atoms with Crippen LogP contribution in [-0.2, 0) is 10.2 Å². The Balaban J connectivity index is 1.53. The summed E-state index contributed by atoms with van der Waals surface area (Å²) in [5.74, 6) is 0.0510. The van der Waals surface area contributed by atoms with E-state index in [1.165, 1.54) is 6.20 Å². The van der Waals surface area contributed by atoms with Gasteiger partial charge >= 0.3 is 0 Å². The standard InChI is InChI=1S/C18H17BrN4O2/c1-11-7-20-8-15(21-11)22-16(24)9-23-10-18(4-5-18)14-6-12(19)2-3-13(14)17(23)25/h2-3,6-8H,4-5,9-10H2,1H3,(H,21,22,24). The fourth-order valence-corrected chi connectivity index (χ4v) is 3.78. The molecule has 0 bridgehead atoms. The Labute approximate surface area is 153 Å². The van der Waals surface area contributed by atoms with Gasteiger partial charge in [0.2, 0.25) is 5.91 Å². The molecule has 0 unspecified atom stereocenters. The molecule has 2 heterocycles. The van der Waals surface area contributed by atoms with Crippen LogP contribution in [0.15, 0.2) is 35.1 Å². The second kappa shape index (κ2) is 5.91. The van der Waals surface area contributed by atoms with Crippen LogP contribution in [0.1, 0.15) is 34.5 Å². The quantitative estimate of drug-likeness (QED) is 0.858. The SMILES string of the molecule is Cc1cncc(NC(=O)CN2CC3(CC3)c3cc(Br)ccc3C2=O)n1. The number of nitrogens with one attached hydrogen (secondary N) is 1. The van der Waals surface area contributed by atoms with Crippen molar-refractivity contribution in [3.63, 3.8) is 0 Å². The second-order valence-corrected chi connectivity index (χ2v) is 7.64. The Morgan fingerprint density at radius 2 is 2.16 bits per heavy atom. The molecule has 1 N–H and O–H groups in total. The van der Waals surface area contributed by atoms with Gasteiger partial charge in [0.05, 0.1) is 11.9 Å². The number of carbonyl (C=O) groups is 2. The maximum atomic E-state index is 12.8. The van der Waals surface area contributed by atoms with Crippen molar-refractivity contribution in [3.05, 3.63) is 51.9 Å². The molecule has 1 spiro atoms. The van der Waals surface area contributed by atoms with Gasteiger partial charge in [-0.2, -0.15) is 0 Å². The number of halogens is 1. The number of amides is 2. The number of aromatic nitrogens is 2. The first-order chi connectivity index (χ1) is 12.0. The number of aryl methyl sites for hydroxylation is 1. The number of hydrogen-bond donors (Lipinski definition) is 1. The number of nitrogens with zero attached hydrogens (tertiary/aromatic N) is 3. The van der Waals surface area contributed by atoms with E-state index in [9.17, 15) is 9.59 Å². The monoisotopic (exact) mass is 400 g/mol. The molecule has 1 aromatic carbocycles. The van der Waals surface area contributed by atoms with E-state index in [0.29, 0.717) is 17.9 Å². The highest BCUT2D eigenvalue weighted by atomic mass is 79.9. The van der Waals surface area contributed by atoms with Crippen LogP contribution in [0.3, 0.4) is 0 Å². The largest absolute Gasteiger partial charge is 0.328 e. The summed E-state index contributed by atoms with van der Waals surface area (Å²) in [5, 5.41) is 2.72. The molecule has 0 radical (unpaired) electrons. The molecule has 1 fully saturated rings. The maximum absolute atomic E-state index is 12.8. The van der Waals surface area contributed by atoms with Gasteiger partial charge in [0.25, 0.3) is 5.91 Å². The van der Waals surface area contributed by atoms with Gasteiger partial charge in [-0.15, -0.1) is 0 Å². The predicted octanol–water partition coefficient (Wildman–Crippen LogP) is 2.67. The molecule has 1 saturated carbocycles. The molecule has 128 valence electrons. The lowest BCUT2D eigenvalue weighted by Crippen LogP contribution is -2.46. The molecule has 1 aliphatic carbocycles. The third-order valence-electron chi connectivity index (χ3n) is 4.77. The molecule has 4 rings (SSSR count). The molecule has 0 atom stereocenters. The number of fused-ring (bicyclic) bond motifs is 2. The van der Waals surface area contributed by atoms with Crippen LogP contribution in [-0.4, -0.2) is 39.8 Å². The van der Waals surface area contributed by atoms with Crippen LogP contribution >= 0.6 is 15.9 Å². The van der Waals surface area contributed by atoms with Gasteiger partial charge in [0.1, 0.15) is 6.54 Å². The van der Waals surface area contributed by atoms with Gasteiger partial charge in [0.15, 0.2) is 5.82 Å². The summed E-state index contributed by atoms with van der Waals surface area (Å²) in [7, 11) is 0. The minimum Gasteiger partial charge on any atom is -0.328 e. The zero-order chi connectivity index (χ0) is 17.6. The van der Waals surface area contributed by atoms with Crippen LogP contribution in [0, 0.1) is 6.92 Å². The van der Waals surface area contributed by atoms with E-state index in [0.717, 1.165) is 28.6 Å². The lowest BCUT2D eigenvalue weighted by Gasteiger charge is -2.34. The van der Waals surface area contributed by atoms with E-state index in [1.54, 1.807) is 11.1 Å². The van der Waals surface area contributed by atoms with Crippen molar-refractivity contribution < 1.29 is 9.59 Å². The number of rotatable bonds is 3. The summed E-state index contributed by atoms with van der Waals surface area (Å²) in [6.45, 7) is 2.41. The Morgan fingerprint density at radius 3 is 2.88 bits per heavy atom. The maximum Gasteiger partial charge on any atom is 0.254 e. The van der Waals surface area contributed by atoms with E-state index in [-0.39, 0.29) is 23.8 Å². The average Bonchev–Trinajstić information content (AvgIpc) is 3.33. The minimum atomic E-state index is -0.260. The van der Waals surface area contributed by atoms with Gasteiger partial charge in [-0.05, 0) is 43.5 Å². The Kier molecular flexibility index (Phi) is 3.83. The van der Waals surface area contributed by atoms with Gasteiger partial charge in [-0.1, -0.05) is 15.9 Å². The fourth-order valence-electron chi connectivity index (χ4n) is 3.42. The van der Waals surface area contributed by atoms with Crippen molar-refractivity contribution >= 4 is 33.6 Å². The van der Waals surface area contributed by atoms with Crippen molar-refractivity contribution in [2.75, 3.05) is 18.4 Å². The Hall–Kier alpha value is -2.28. The minimum absolute atomic E-state index is 0.0104. The molecule has 2 aliphatic rings. The van der Waals surface area contributed by atoms with Crippen LogP contribution < -0.4 is 5.32 Å². The second-order valence-electron chi connectivity index (χ2n) is 6.73. The molecule has 6 nitrogen and oxygen atoms in total. The van der Waals surface area contributed by atoms with Crippen LogP contribution in [0.5, 0.6) is 0 Å². The van der Waals surface area contributed by atoms with Crippen molar-refractivity contribution in [2.24, 2.45) is 0 Å². The van der Waals surface area contributed by atoms with Crippen molar-refractivity contribution in [1.82, 2.24) is 14.9 Å². The van der Waals surface area contributed by atoms with E-state index < -0.39 is 0 Å². The van der Waals surface area contributed by atoms with Crippen molar-refractivity contribution in [2.45, 2.75) is 25.2 Å². The molecule has 25 heavy (non-hydrogen) atoms. The lowest BCUT2D eigenvalue weighted by molar-refractivity contribution is -0.117. The topological polar surface area (TPSA) is 75.2 Å². The predicted molar refractivity (Wildman–Crippen MR) is 96.4 cm³/mol. The number of carbonyl (C=O) groups excluding carboxylic acids is 2. The first-order valence-electron chi connectivity index (χ1n) is 8.15. The smallest absolute Gasteiger partial charge is 0.254 e. The zero-order valence-electron chi connectivity index (χ0n) is 13.8. The molecule has 2 aromatic rings. The zero-order valence-corrected chi connectivity index (χ0v) is 15.3. The first kappa shape index (κ1) is 16.2. The van der Waals surface area contributed by atoms with E-state index in [1.807, 2.05) is 25.1 Å². The van der Waals surface area contributed by atoms with E-state index in [4.69, 9.17) is 0 Å². The highest BCUT2D eigenvalue weighted by Gasteiger charge is 2.51. The number of anilines is 1. The summed E-state index contributed by atoms with van der Waals surface area (Å²) in [6, 6.07) is 5.76. The van der Waals surface area contributed by atoms with E-state index >= 15 is 0 Å². The van der Waals surface area contributed by atoms with Gasteiger partial charge in [0, 0.05) is 28.2 Å². The Morgan fingerprint density at radius 1 is 1.36 bits per heavy atom. The highest BCUT2D eigenvalue weighted by molar-refractivity contribution is 9.10. The normalized spacial score (nSPS) is 17.4. The summed E-state index contributed by atoms with van der Waals surface area (Å²) in [5.41, 5.74) is 2.54. The molecule has 0 saturated heterocycles. The van der Waals surface area contributed by atoms with Crippen LogP contribution in [0.2, 0.25) is 0 Å². The van der Waals surface area contributed by atoms with Gasteiger partial charge in [-0.3, -0.25) is 14.6 Å². The molecular weight excluding hydrogens is 384 g/mol. The number of benzene rings is 1. The van der Waals surface area contributed by atoms with Crippen molar-refractivity contribution in [3.8, 4) is 0 Å². The summed E-state index contributed by atoms with van der Waals surface area (Å²) < 4.78 is 0.981. The average molecular weight is 401 g/mol. The Bertz CT molecular complexity index is 879. The third kappa shape index (κ3) is 3.04. The molecule has 7 heteroatoms. The fraction of sp³-hybridized carbons (Fsp3) is 0.333. The highest BCUT2D eigenvalue weighted by Crippen LogP contribution is 2.52. The van der Waals surface area contributed by atoms with E-state index in [2.05, 4.69) is 31.2 Å². The first-order valence-corrected chi connectivity index (χ1v) is 8.94. The van der Waals surface area contributed by atoms with Crippen LogP contribution in [0.4, 0.5) is 5.82 Å². The molecule has 1 aromatic heterocycles.